The lowest BCUT2D eigenvalue weighted by molar-refractivity contribution is -0.139. The maximum atomic E-state index is 10.5. The van der Waals surface area contributed by atoms with Gasteiger partial charge in [-0.3, -0.25) is 9.36 Å². The Morgan fingerprint density at radius 2 is 2.14 bits per heavy atom. The van der Waals surface area contributed by atoms with E-state index in [1.54, 1.807) is 0 Å². The minimum Gasteiger partial charge on any atom is -0.480 e. The third kappa shape index (κ3) is 3.38. The molecule has 1 saturated carbocycles. The average molecular weight is 223 g/mol. The molecule has 14 heavy (non-hydrogen) atoms. The predicted octanol–water partition coefficient (Wildman–Crippen LogP) is -0.398. The zero-order chi connectivity index (χ0) is 10.9. The van der Waals surface area contributed by atoms with E-state index in [1.807, 2.05) is 0 Å². The van der Waals surface area contributed by atoms with Crippen LogP contribution in [0.25, 0.3) is 0 Å². The molecule has 0 spiro atoms. The predicted molar refractivity (Wildman–Crippen MR) is 48.7 cm³/mol. The molecule has 0 saturated heterocycles. The summed E-state index contributed by atoms with van der Waals surface area (Å²) in [5.41, 5.74) is 5.36. The minimum atomic E-state index is -3.95. The van der Waals surface area contributed by atoms with Crippen LogP contribution in [0.5, 0.6) is 0 Å². The molecule has 82 valence electrons. The maximum absolute atomic E-state index is 10.5. The SMILES string of the molecule is N[C@H](C(=O)O)C1CC1CCP(=O)(O)O. The summed E-state index contributed by atoms with van der Waals surface area (Å²) < 4.78 is 10.5. The molecule has 6 nitrogen and oxygen atoms in total. The molecule has 7 heteroatoms. The molecular weight excluding hydrogens is 209 g/mol. The van der Waals surface area contributed by atoms with Crippen LogP contribution < -0.4 is 5.73 Å². The number of carboxylic acid groups (broad SMARTS) is 1. The Kier molecular flexibility index (Phi) is 3.32. The van der Waals surface area contributed by atoms with Gasteiger partial charge in [-0.2, -0.15) is 0 Å². The second kappa shape index (κ2) is 3.98. The summed E-state index contributed by atoms with van der Waals surface area (Å²) in [5, 5.41) is 8.56. The summed E-state index contributed by atoms with van der Waals surface area (Å²) in [7, 11) is -3.95. The van der Waals surface area contributed by atoms with Gasteiger partial charge in [0, 0.05) is 0 Å². The van der Waals surface area contributed by atoms with E-state index < -0.39 is 19.6 Å². The quantitative estimate of drug-likeness (QED) is 0.470. The van der Waals surface area contributed by atoms with Gasteiger partial charge >= 0.3 is 13.6 Å². The Morgan fingerprint density at radius 1 is 1.57 bits per heavy atom. The highest BCUT2D eigenvalue weighted by atomic mass is 31.2. The van der Waals surface area contributed by atoms with Gasteiger partial charge in [-0.15, -0.1) is 0 Å². The molecule has 0 aromatic rings. The van der Waals surface area contributed by atoms with Crippen LogP contribution in [0.2, 0.25) is 0 Å². The highest BCUT2D eigenvalue weighted by Crippen LogP contribution is 2.47. The fourth-order valence-corrected chi connectivity index (χ4v) is 2.23. The van der Waals surface area contributed by atoms with Crippen molar-refractivity contribution in [3.8, 4) is 0 Å². The van der Waals surface area contributed by atoms with E-state index in [2.05, 4.69) is 0 Å². The lowest BCUT2D eigenvalue weighted by Crippen LogP contribution is -2.32. The lowest BCUT2D eigenvalue weighted by atomic mass is 10.1. The molecule has 0 bridgehead atoms. The molecule has 0 radical (unpaired) electrons. The van der Waals surface area contributed by atoms with Crippen molar-refractivity contribution < 1.29 is 24.3 Å². The summed E-state index contributed by atoms with van der Waals surface area (Å²) in [6, 6.07) is -0.892. The molecule has 0 amide bonds. The number of hydrogen-bond acceptors (Lipinski definition) is 3. The van der Waals surface area contributed by atoms with Crippen molar-refractivity contribution in [1.82, 2.24) is 0 Å². The monoisotopic (exact) mass is 223 g/mol. The van der Waals surface area contributed by atoms with E-state index in [1.165, 1.54) is 0 Å². The molecule has 3 atom stereocenters. The normalized spacial score (nSPS) is 28.5. The molecule has 5 N–H and O–H groups in total. The first-order valence-electron chi connectivity index (χ1n) is 4.34. The van der Waals surface area contributed by atoms with E-state index >= 15 is 0 Å². The first-order chi connectivity index (χ1) is 6.31. The molecule has 0 aromatic carbocycles. The van der Waals surface area contributed by atoms with E-state index in [0.29, 0.717) is 12.8 Å². The summed E-state index contributed by atoms with van der Waals surface area (Å²) >= 11 is 0. The van der Waals surface area contributed by atoms with Gasteiger partial charge in [-0.05, 0) is 24.7 Å². The van der Waals surface area contributed by atoms with Gasteiger partial charge in [0.2, 0.25) is 0 Å². The van der Waals surface area contributed by atoms with Crippen molar-refractivity contribution >= 4 is 13.6 Å². The van der Waals surface area contributed by atoms with Gasteiger partial charge in [-0.1, -0.05) is 0 Å². The highest BCUT2D eigenvalue weighted by Gasteiger charge is 2.44. The topological polar surface area (TPSA) is 121 Å². The van der Waals surface area contributed by atoms with E-state index in [9.17, 15) is 9.36 Å². The van der Waals surface area contributed by atoms with E-state index in [0.717, 1.165) is 0 Å². The van der Waals surface area contributed by atoms with Crippen molar-refractivity contribution in [3.63, 3.8) is 0 Å². The molecule has 1 aliphatic carbocycles. The Balaban J connectivity index is 2.27. The van der Waals surface area contributed by atoms with Crippen molar-refractivity contribution in [2.24, 2.45) is 17.6 Å². The molecule has 1 fully saturated rings. The zero-order valence-electron chi connectivity index (χ0n) is 7.54. The number of aliphatic carboxylic acids is 1. The number of nitrogens with two attached hydrogens (primary N) is 1. The largest absolute Gasteiger partial charge is 0.480 e. The van der Waals surface area contributed by atoms with Crippen LogP contribution in [0.1, 0.15) is 12.8 Å². The Labute approximate surface area is 81.3 Å². The molecule has 0 aromatic heterocycles. The molecular formula is C7H14NO5P. The van der Waals surface area contributed by atoms with Crippen molar-refractivity contribution in [1.29, 1.82) is 0 Å². The van der Waals surface area contributed by atoms with Crippen molar-refractivity contribution in [2.45, 2.75) is 18.9 Å². The van der Waals surface area contributed by atoms with Gasteiger partial charge in [-0.25, -0.2) is 0 Å². The third-order valence-electron chi connectivity index (χ3n) is 2.51. The third-order valence-corrected chi connectivity index (χ3v) is 3.36. The Morgan fingerprint density at radius 3 is 2.57 bits per heavy atom. The second-order valence-electron chi connectivity index (χ2n) is 3.70. The van der Waals surface area contributed by atoms with Crippen LogP contribution in [-0.2, 0) is 9.36 Å². The molecule has 0 heterocycles. The van der Waals surface area contributed by atoms with E-state index in [-0.39, 0.29) is 18.0 Å². The smallest absolute Gasteiger partial charge is 0.325 e. The maximum Gasteiger partial charge on any atom is 0.325 e. The van der Waals surface area contributed by atoms with Gasteiger partial charge in [0.25, 0.3) is 0 Å². The summed E-state index contributed by atoms with van der Waals surface area (Å²) in [6.07, 6.45) is 0.837. The summed E-state index contributed by atoms with van der Waals surface area (Å²) in [6.45, 7) is 0. The van der Waals surface area contributed by atoms with Crippen LogP contribution in [0.3, 0.4) is 0 Å². The molecule has 1 rings (SSSR count). The van der Waals surface area contributed by atoms with Crippen LogP contribution in [0.15, 0.2) is 0 Å². The van der Waals surface area contributed by atoms with Crippen LogP contribution in [0.4, 0.5) is 0 Å². The zero-order valence-corrected chi connectivity index (χ0v) is 8.43. The second-order valence-corrected chi connectivity index (χ2v) is 5.48. The first kappa shape index (κ1) is 11.7. The van der Waals surface area contributed by atoms with Crippen LogP contribution in [0, 0.1) is 11.8 Å². The Hall–Kier alpha value is -0.420. The number of carbonyl (C=O) groups is 1. The molecule has 0 aliphatic heterocycles. The van der Waals surface area contributed by atoms with Crippen LogP contribution >= 0.6 is 7.60 Å². The first-order valence-corrected chi connectivity index (χ1v) is 6.14. The van der Waals surface area contributed by atoms with Gasteiger partial charge in [0.1, 0.15) is 6.04 Å². The van der Waals surface area contributed by atoms with Gasteiger partial charge in [0.15, 0.2) is 0 Å². The summed E-state index contributed by atoms with van der Waals surface area (Å²) in [5.74, 6) is -1.10. The standard InChI is InChI=1S/C7H14NO5P/c8-6(7(9)10)5-3-4(5)1-2-14(11,12)13/h4-6H,1-3,8H2,(H,9,10)(H2,11,12,13)/t4?,5?,6-/m0/s1. The molecule has 2 unspecified atom stereocenters. The number of hydrogen-bond donors (Lipinski definition) is 4. The van der Waals surface area contributed by atoms with E-state index in [4.69, 9.17) is 20.6 Å². The van der Waals surface area contributed by atoms with Crippen molar-refractivity contribution in [2.75, 3.05) is 6.16 Å². The number of carboxylic acids is 1. The average Bonchev–Trinajstić information content (AvgIpc) is 2.76. The Bertz CT molecular complexity index is 275. The van der Waals surface area contributed by atoms with Crippen molar-refractivity contribution in [3.05, 3.63) is 0 Å². The number of rotatable bonds is 5. The van der Waals surface area contributed by atoms with Gasteiger partial charge in [0.05, 0.1) is 6.16 Å². The fraction of sp³-hybridized carbons (Fsp3) is 0.857. The van der Waals surface area contributed by atoms with Crippen LogP contribution in [-0.4, -0.2) is 33.1 Å². The van der Waals surface area contributed by atoms with Gasteiger partial charge < -0.3 is 20.6 Å². The lowest BCUT2D eigenvalue weighted by Gasteiger charge is -2.05. The summed E-state index contributed by atoms with van der Waals surface area (Å²) in [4.78, 5) is 27.6. The molecule has 1 aliphatic rings. The highest BCUT2D eigenvalue weighted by molar-refractivity contribution is 7.51. The minimum absolute atomic E-state index is 0.0636. The fourth-order valence-electron chi connectivity index (χ4n) is 1.56.